The fourth-order valence-electron chi connectivity index (χ4n) is 1.70. The first-order chi connectivity index (χ1) is 8.75. The molecule has 0 aliphatic carbocycles. The molecule has 0 aromatic heterocycles. The summed E-state index contributed by atoms with van der Waals surface area (Å²) in [5, 5.41) is 7.45. The number of benzene rings is 1. The van der Waals surface area contributed by atoms with E-state index in [4.69, 9.17) is 5.26 Å². The Labute approximate surface area is 109 Å². The summed E-state index contributed by atoms with van der Waals surface area (Å²) in [5.74, 6) is 0. The lowest BCUT2D eigenvalue weighted by atomic mass is 10.2. The molecule has 0 heterocycles. The lowest BCUT2D eigenvalue weighted by Gasteiger charge is -2.17. The van der Waals surface area contributed by atoms with E-state index in [-0.39, 0.29) is 12.8 Å². The quantitative estimate of drug-likeness (QED) is 0.856. The normalized spacial score (nSPS) is 13.8. The molecule has 19 heavy (non-hydrogen) atoms. The van der Waals surface area contributed by atoms with Crippen LogP contribution in [0.4, 0.5) is 13.2 Å². The molecule has 0 N–H and O–H groups in total. The van der Waals surface area contributed by atoms with Gasteiger partial charge in [-0.1, -0.05) is 19.1 Å². The van der Waals surface area contributed by atoms with E-state index in [1.165, 1.54) is 13.0 Å². The van der Waals surface area contributed by atoms with Crippen molar-refractivity contribution in [3.05, 3.63) is 29.8 Å². The van der Waals surface area contributed by atoms with Gasteiger partial charge in [-0.2, -0.15) is 18.4 Å². The van der Waals surface area contributed by atoms with Crippen molar-refractivity contribution in [2.75, 3.05) is 0 Å². The highest BCUT2D eigenvalue weighted by atomic mass is 32.2. The van der Waals surface area contributed by atoms with Crippen molar-refractivity contribution in [2.45, 2.75) is 36.1 Å². The largest absolute Gasteiger partial charge is 0.417 e. The van der Waals surface area contributed by atoms with Crippen LogP contribution in [0.1, 0.15) is 25.3 Å². The summed E-state index contributed by atoms with van der Waals surface area (Å²) in [6, 6.07) is 5.72. The summed E-state index contributed by atoms with van der Waals surface area (Å²) in [4.78, 5) is -0.760. The van der Waals surface area contributed by atoms with Gasteiger partial charge in [-0.15, -0.1) is 0 Å². The molecule has 0 fully saturated rings. The summed E-state index contributed by atoms with van der Waals surface area (Å²) in [5.41, 5.74) is -1.19. The zero-order valence-corrected chi connectivity index (χ0v) is 10.9. The molecule has 0 bridgehead atoms. The Morgan fingerprint density at radius 3 is 2.37 bits per heavy atom. The van der Waals surface area contributed by atoms with Gasteiger partial charge < -0.3 is 0 Å². The van der Waals surface area contributed by atoms with Crippen molar-refractivity contribution < 1.29 is 21.6 Å². The van der Waals surface area contributed by atoms with E-state index in [0.29, 0.717) is 0 Å². The third kappa shape index (κ3) is 3.26. The first-order valence-corrected chi connectivity index (χ1v) is 7.06. The minimum atomic E-state index is -4.74. The molecule has 0 amide bonds. The van der Waals surface area contributed by atoms with Crippen LogP contribution in [0.3, 0.4) is 0 Å². The second kappa shape index (κ2) is 5.61. The molecule has 0 spiro atoms. The fourth-order valence-corrected chi connectivity index (χ4v) is 3.55. The Morgan fingerprint density at radius 2 is 1.89 bits per heavy atom. The van der Waals surface area contributed by atoms with Gasteiger partial charge in [-0.25, -0.2) is 8.42 Å². The third-order valence-electron chi connectivity index (χ3n) is 2.71. The van der Waals surface area contributed by atoms with E-state index in [0.717, 1.165) is 18.2 Å². The number of halogens is 3. The molecular formula is C12H12F3NO2S. The Kier molecular flexibility index (Phi) is 4.58. The smallest absolute Gasteiger partial charge is 0.223 e. The standard InChI is InChI=1S/C12H12F3NO2S/c1-2-9(7-8-16)19(17,18)11-6-4-3-5-10(11)12(13,14)15/h3-6,9H,2,7H2,1H3. The van der Waals surface area contributed by atoms with Crippen LogP contribution < -0.4 is 0 Å². The van der Waals surface area contributed by atoms with Crippen LogP contribution in [0.2, 0.25) is 0 Å². The van der Waals surface area contributed by atoms with Gasteiger partial charge in [0.1, 0.15) is 0 Å². The van der Waals surface area contributed by atoms with Crippen LogP contribution in [0.15, 0.2) is 29.2 Å². The lowest BCUT2D eigenvalue weighted by Crippen LogP contribution is -2.23. The molecule has 104 valence electrons. The van der Waals surface area contributed by atoms with Crippen LogP contribution in [0, 0.1) is 11.3 Å². The Bertz CT molecular complexity index is 588. The van der Waals surface area contributed by atoms with E-state index in [1.54, 1.807) is 6.07 Å². The number of alkyl halides is 3. The minimum absolute atomic E-state index is 0.0854. The number of hydrogen-bond donors (Lipinski definition) is 0. The van der Waals surface area contributed by atoms with E-state index in [9.17, 15) is 21.6 Å². The van der Waals surface area contributed by atoms with Gasteiger partial charge >= 0.3 is 6.18 Å². The predicted octanol–water partition coefficient (Wildman–Crippen LogP) is 3.17. The van der Waals surface area contributed by atoms with Gasteiger partial charge in [0.25, 0.3) is 0 Å². The molecule has 0 aliphatic rings. The Morgan fingerprint density at radius 1 is 1.32 bits per heavy atom. The number of rotatable bonds is 4. The molecule has 0 aliphatic heterocycles. The van der Waals surface area contributed by atoms with Crippen molar-refractivity contribution in [2.24, 2.45) is 0 Å². The van der Waals surface area contributed by atoms with Gasteiger partial charge in [0.15, 0.2) is 9.84 Å². The minimum Gasteiger partial charge on any atom is -0.223 e. The molecule has 1 aromatic rings. The van der Waals surface area contributed by atoms with Crippen LogP contribution >= 0.6 is 0 Å². The van der Waals surface area contributed by atoms with Crippen LogP contribution in [0.5, 0.6) is 0 Å². The molecular weight excluding hydrogens is 279 g/mol. The summed E-state index contributed by atoms with van der Waals surface area (Å²) >= 11 is 0. The maximum atomic E-state index is 12.8. The third-order valence-corrected chi connectivity index (χ3v) is 5.06. The van der Waals surface area contributed by atoms with E-state index < -0.39 is 31.7 Å². The second-order valence-corrected chi connectivity index (χ2v) is 6.13. The highest BCUT2D eigenvalue weighted by Crippen LogP contribution is 2.36. The average molecular weight is 291 g/mol. The fraction of sp³-hybridized carbons (Fsp3) is 0.417. The summed E-state index contributed by atoms with van der Waals surface area (Å²) < 4.78 is 62.7. The van der Waals surface area contributed by atoms with Crippen molar-refractivity contribution in [1.29, 1.82) is 5.26 Å². The number of sulfone groups is 1. The van der Waals surface area contributed by atoms with Crippen molar-refractivity contribution in [3.63, 3.8) is 0 Å². The van der Waals surface area contributed by atoms with Gasteiger partial charge in [-0.3, -0.25) is 0 Å². The molecule has 0 saturated heterocycles. The van der Waals surface area contributed by atoms with Crippen LogP contribution in [-0.2, 0) is 16.0 Å². The summed E-state index contributed by atoms with van der Waals surface area (Å²) in [6.45, 7) is 1.52. The molecule has 3 nitrogen and oxygen atoms in total. The summed E-state index contributed by atoms with van der Waals surface area (Å²) in [6.07, 6.45) is -4.98. The van der Waals surface area contributed by atoms with Gasteiger partial charge in [0.2, 0.25) is 0 Å². The molecule has 7 heteroatoms. The molecule has 0 saturated carbocycles. The topological polar surface area (TPSA) is 57.9 Å². The highest BCUT2D eigenvalue weighted by Gasteiger charge is 2.38. The first-order valence-electron chi connectivity index (χ1n) is 5.52. The van der Waals surface area contributed by atoms with Crippen molar-refractivity contribution >= 4 is 9.84 Å². The van der Waals surface area contributed by atoms with Crippen LogP contribution in [-0.4, -0.2) is 13.7 Å². The maximum Gasteiger partial charge on any atom is 0.417 e. The first kappa shape index (κ1) is 15.5. The Hall–Kier alpha value is -1.55. The molecule has 1 aromatic carbocycles. The van der Waals surface area contributed by atoms with Crippen molar-refractivity contribution in [1.82, 2.24) is 0 Å². The van der Waals surface area contributed by atoms with E-state index in [1.807, 2.05) is 0 Å². The number of nitriles is 1. The van der Waals surface area contributed by atoms with Gasteiger partial charge in [-0.05, 0) is 18.6 Å². The van der Waals surface area contributed by atoms with Crippen molar-refractivity contribution in [3.8, 4) is 6.07 Å². The van der Waals surface area contributed by atoms with Gasteiger partial charge in [0.05, 0.1) is 28.2 Å². The van der Waals surface area contributed by atoms with Crippen LogP contribution in [0.25, 0.3) is 0 Å². The summed E-state index contributed by atoms with van der Waals surface area (Å²) in [7, 11) is -4.17. The lowest BCUT2D eigenvalue weighted by molar-refractivity contribution is -0.139. The van der Waals surface area contributed by atoms with E-state index in [2.05, 4.69) is 0 Å². The molecule has 0 radical (unpaired) electrons. The monoisotopic (exact) mass is 291 g/mol. The molecule has 1 rings (SSSR count). The zero-order valence-electron chi connectivity index (χ0n) is 10.1. The number of hydrogen-bond acceptors (Lipinski definition) is 3. The maximum absolute atomic E-state index is 12.8. The molecule has 1 atom stereocenters. The second-order valence-electron chi connectivity index (χ2n) is 3.93. The van der Waals surface area contributed by atoms with E-state index >= 15 is 0 Å². The Balaban J connectivity index is 3.42. The zero-order chi connectivity index (χ0) is 14.7. The average Bonchev–Trinajstić information content (AvgIpc) is 2.34. The van der Waals surface area contributed by atoms with Gasteiger partial charge in [0, 0.05) is 0 Å². The predicted molar refractivity (Wildman–Crippen MR) is 62.9 cm³/mol. The highest BCUT2D eigenvalue weighted by molar-refractivity contribution is 7.92. The number of nitrogens with zero attached hydrogens (tertiary/aromatic N) is 1. The SMILES string of the molecule is CCC(CC#N)S(=O)(=O)c1ccccc1C(F)(F)F. The molecule has 1 unspecified atom stereocenters.